The lowest BCUT2D eigenvalue weighted by molar-refractivity contribution is 0.102. The molecule has 0 bridgehead atoms. The fourth-order valence-corrected chi connectivity index (χ4v) is 1.84. The van der Waals surface area contributed by atoms with Gasteiger partial charge in [-0.1, -0.05) is 11.3 Å². The van der Waals surface area contributed by atoms with Crippen LogP contribution in [0.4, 0.5) is 5.13 Å². The highest BCUT2D eigenvalue weighted by atomic mass is 32.1. The average Bonchev–Trinajstić information content (AvgIpc) is 2.97. The van der Waals surface area contributed by atoms with E-state index in [9.17, 15) is 4.79 Å². The van der Waals surface area contributed by atoms with Crippen molar-refractivity contribution in [3.8, 4) is 0 Å². The number of carbonyl (C=O) groups is 1. The Morgan fingerprint density at radius 1 is 1.41 bits per heavy atom. The molecule has 0 atom stereocenters. The van der Waals surface area contributed by atoms with Crippen LogP contribution < -0.4 is 5.32 Å². The normalized spacial score (nSPS) is 10.6. The summed E-state index contributed by atoms with van der Waals surface area (Å²) in [5, 5.41) is 10.5. The highest BCUT2D eigenvalue weighted by Crippen LogP contribution is 2.16. The van der Waals surface area contributed by atoms with Gasteiger partial charge in [0.05, 0.1) is 0 Å². The molecule has 84 valence electrons. The Morgan fingerprint density at radius 3 is 3.18 bits per heavy atom. The summed E-state index contributed by atoms with van der Waals surface area (Å²) in [4.78, 5) is 15.8. The van der Waals surface area contributed by atoms with E-state index in [-0.39, 0.29) is 5.91 Å². The molecule has 17 heavy (non-hydrogen) atoms. The molecule has 0 aliphatic heterocycles. The van der Waals surface area contributed by atoms with Gasteiger partial charge >= 0.3 is 0 Å². The van der Waals surface area contributed by atoms with Gasteiger partial charge in [0.1, 0.15) is 11.0 Å². The SMILES string of the molecule is O=C(Nc1nncs1)c1ccc2ocnc2c1. The predicted octanol–water partition coefficient (Wildman–Crippen LogP) is 1.93. The second kappa shape index (κ2) is 3.95. The van der Waals surface area contributed by atoms with Crippen molar-refractivity contribution in [2.24, 2.45) is 0 Å². The Labute approximate surface area is 99.3 Å². The Bertz CT molecular complexity index is 662. The molecule has 0 aliphatic carbocycles. The van der Waals surface area contributed by atoms with Crippen LogP contribution in [0.2, 0.25) is 0 Å². The number of hydrogen-bond acceptors (Lipinski definition) is 6. The van der Waals surface area contributed by atoms with Gasteiger partial charge in [0, 0.05) is 5.56 Å². The number of aromatic nitrogens is 3. The summed E-state index contributed by atoms with van der Waals surface area (Å²) in [6.07, 6.45) is 1.34. The van der Waals surface area contributed by atoms with Crippen molar-refractivity contribution in [3.05, 3.63) is 35.7 Å². The lowest BCUT2D eigenvalue weighted by Gasteiger charge is -2.00. The van der Waals surface area contributed by atoms with Crippen molar-refractivity contribution in [1.82, 2.24) is 15.2 Å². The van der Waals surface area contributed by atoms with E-state index in [1.165, 1.54) is 17.7 Å². The number of fused-ring (bicyclic) bond motifs is 1. The zero-order chi connectivity index (χ0) is 11.7. The third kappa shape index (κ3) is 1.87. The molecule has 3 rings (SSSR count). The molecule has 0 saturated carbocycles. The quantitative estimate of drug-likeness (QED) is 0.747. The van der Waals surface area contributed by atoms with Crippen LogP contribution in [0.25, 0.3) is 11.1 Å². The molecule has 0 fully saturated rings. The molecule has 0 saturated heterocycles. The molecule has 1 amide bonds. The number of benzene rings is 1. The second-order valence-electron chi connectivity index (χ2n) is 3.23. The first kappa shape index (κ1) is 9.91. The standard InChI is InChI=1S/C10H6N4O2S/c15-9(13-10-14-12-5-17-10)6-1-2-8-7(3-6)11-4-16-8/h1-5H,(H,13,14,15). The number of oxazole rings is 1. The van der Waals surface area contributed by atoms with Gasteiger partial charge in [-0.3, -0.25) is 10.1 Å². The summed E-state index contributed by atoms with van der Waals surface area (Å²) in [6, 6.07) is 5.04. The smallest absolute Gasteiger partial charge is 0.257 e. The average molecular weight is 246 g/mol. The lowest BCUT2D eigenvalue weighted by atomic mass is 10.2. The fraction of sp³-hybridized carbons (Fsp3) is 0. The number of nitrogens with one attached hydrogen (secondary N) is 1. The molecule has 7 heteroatoms. The van der Waals surface area contributed by atoms with E-state index < -0.39 is 0 Å². The first-order valence-electron chi connectivity index (χ1n) is 4.74. The van der Waals surface area contributed by atoms with E-state index in [0.717, 1.165) is 0 Å². The van der Waals surface area contributed by atoms with E-state index in [1.54, 1.807) is 23.7 Å². The summed E-state index contributed by atoms with van der Waals surface area (Å²) >= 11 is 1.26. The fourth-order valence-electron chi connectivity index (χ4n) is 1.40. The number of anilines is 1. The van der Waals surface area contributed by atoms with Gasteiger partial charge in [0.15, 0.2) is 12.0 Å². The van der Waals surface area contributed by atoms with E-state index in [0.29, 0.717) is 21.8 Å². The van der Waals surface area contributed by atoms with E-state index >= 15 is 0 Å². The van der Waals surface area contributed by atoms with Crippen molar-refractivity contribution in [2.45, 2.75) is 0 Å². The number of rotatable bonds is 2. The Morgan fingerprint density at radius 2 is 2.35 bits per heavy atom. The zero-order valence-corrected chi connectivity index (χ0v) is 9.27. The number of nitrogens with zero attached hydrogens (tertiary/aromatic N) is 3. The van der Waals surface area contributed by atoms with Crippen LogP contribution >= 0.6 is 11.3 Å². The molecule has 1 aromatic carbocycles. The van der Waals surface area contributed by atoms with E-state index in [1.807, 2.05) is 0 Å². The minimum absolute atomic E-state index is 0.244. The first-order chi connectivity index (χ1) is 8.33. The second-order valence-corrected chi connectivity index (χ2v) is 4.07. The zero-order valence-electron chi connectivity index (χ0n) is 8.45. The van der Waals surface area contributed by atoms with Crippen molar-refractivity contribution >= 4 is 33.5 Å². The molecule has 0 unspecified atom stereocenters. The summed E-state index contributed by atoms with van der Waals surface area (Å²) < 4.78 is 5.10. The predicted molar refractivity (Wildman–Crippen MR) is 61.9 cm³/mol. The molecule has 0 spiro atoms. The Balaban J connectivity index is 1.90. The number of amides is 1. The van der Waals surface area contributed by atoms with Gasteiger partial charge in [0.2, 0.25) is 5.13 Å². The van der Waals surface area contributed by atoms with Crippen LogP contribution in [-0.2, 0) is 0 Å². The van der Waals surface area contributed by atoms with Crippen LogP contribution in [0.15, 0.2) is 34.5 Å². The van der Waals surface area contributed by atoms with Crippen molar-refractivity contribution < 1.29 is 9.21 Å². The minimum Gasteiger partial charge on any atom is -0.443 e. The maximum Gasteiger partial charge on any atom is 0.257 e. The van der Waals surface area contributed by atoms with Crippen LogP contribution in [0.1, 0.15) is 10.4 Å². The van der Waals surface area contributed by atoms with Gasteiger partial charge in [-0.2, -0.15) is 0 Å². The summed E-state index contributed by atoms with van der Waals surface area (Å²) in [6.45, 7) is 0. The monoisotopic (exact) mass is 246 g/mol. The highest BCUT2D eigenvalue weighted by Gasteiger charge is 2.09. The third-order valence-corrected chi connectivity index (χ3v) is 2.78. The molecule has 2 aromatic heterocycles. The molecule has 3 aromatic rings. The van der Waals surface area contributed by atoms with E-state index in [4.69, 9.17) is 4.42 Å². The number of hydrogen-bond donors (Lipinski definition) is 1. The first-order valence-corrected chi connectivity index (χ1v) is 5.62. The third-order valence-electron chi connectivity index (χ3n) is 2.17. The summed E-state index contributed by atoms with van der Waals surface area (Å²) in [5.74, 6) is -0.244. The minimum atomic E-state index is -0.244. The summed E-state index contributed by atoms with van der Waals surface area (Å²) in [5.41, 5.74) is 3.35. The van der Waals surface area contributed by atoms with Crippen molar-refractivity contribution in [1.29, 1.82) is 0 Å². The lowest BCUT2D eigenvalue weighted by Crippen LogP contribution is -2.11. The number of carbonyl (C=O) groups excluding carboxylic acids is 1. The van der Waals surface area contributed by atoms with Crippen LogP contribution in [0.3, 0.4) is 0 Å². The van der Waals surface area contributed by atoms with Crippen LogP contribution in [0.5, 0.6) is 0 Å². The maximum atomic E-state index is 11.8. The molecule has 0 aliphatic rings. The maximum absolute atomic E-state index is 11.8. The van der Waals surface area contributed by atoms with Crippen molar-refractivity contribution in [3.63, 3.8) is 0 Å². The molecular formula is C10H6N4O2S. The Kier molecular flexibility index (Phi) is 2.30. The topological polar surface area (TPSA) is 80.9 Å². The van der Waals surface area contributed by atoms with E-state index in [2.05, 4.69) is 20.5 Å². The Hall–Kier alpha value is -2.28. The van der Waals surface area contributed by atoms with Gasteiger partial charge in [-0.05, 0) is 18.2 Å². The molecule has 2 heterocycles. The largest absolute Gasteiger partial charge is 0.443 e. The summed E-state index contributed by atoms with van der Waals surface area (Å²) in [7, 11) is 0. The molecule has 1 N–H and O–H groups in total. The highest BCUT2D eigenvalue weighted by molar-refractivity contribution is 7.13. The van der Waals surface area contributed by atoms with Crippen molar-refractivity contribution in [2.75, 3.05) is 5.32 Å². The van der Waals surface area contributed by atoms with Gasteiger partial charge in [-0.15, -0.1) is 10.2 Å². The van der Waals surface area contributed by atoms with Crippen LogP contribution in [-0.4, -0.2) is 21.1 Å². The van der Waals surface area contributed by atoms with Gasteiger partial charge in [0.25, 0.3) is 5.91 Å². The molecule has 6 nitrogen and oxygen atoms in total. The molecule has 0 radical (unpaired) electrons. The van der Waals surface area contributed by atoms with Crippen LogP contribution in [0, 0.1) is 0 Å². The molecular weight excluding hydrogens is 240 g/mol. The van der Waals surface area contributed by atoms with Gasteiger partial charge in [-0.25, -0.2) is 4.98 Å². The van der Waals surface area contributed by atoms with Gasteiger partial charge < -0.3 is 4.42 Å².